The van der Waals surface area contributed by atoms with Gasteiger partial charge in [0.05, 0.1) is 11.3 Å². The highest BCUT2D eigenvalue weighted by atomic mass is 16.5. The third-order valence-electron chi connectivity index (χ3n) is 4.59. The molecule has 0 radical (unpaired) electrons. The number of anilines is 1. The van der Waals surface area contributed by atoms with Gasteiger partial charge in [0.15, 0.2) is 12.4 Å². The van der Waals surface area contributed by atoms with Gasteiger partial charge in [-0.05, 0) is 55.3 Å². The van der Waals surface area contributed by atoms with Crippen molar-refractivity contribution in [1.82, 2.24) is 0 Å². The number of ether oxygens (including phenoxy) is 1. The van der Waals surface area contributed by atoms with Crippen LogP contribution in [0.25, 0.3) is 0 Å². The quantitative estimate of drug-likeness (QED) is 0.496. The van der Waals surface area contributed by atoms with Crippen molar-refractivity contribution in [2.24, 2.45) is 0 Å². The van der Waals surface area contributed by atoms with Crippen LogP contribution in [0.5, 0.6) is 0 Å². The number of amides is 1. The molecule has 1 amide bonds. The summed E-state index contributed by atoms with van der Waals surface area (Å²) in [7, 11) is 0. The number of benzene rings is 3. The lowest BCUT2D eigenvalue weighted by atomic mass is 10.0. The van der Waals surface area contributed by atoms with E-state index >= 15 is 0 Å². The number of aryl methyl sites for hydroxylation is 2. The lowest BCUT2D eigenvalue weighted by Crippen LogP contribution is -2.18. The van der Waals surface area contributed by atoms with Gasteiger partial charge < -0.3 is 10.1 Å². The smallest absolute Gasteiger partial charge is 0.340 e. The summed E-state index contributed by atoms with van der Waals surface area (Å²) in [5.74, 6) is -1.30. The van der Waals surface area contributed by atoms with E-state index in [4.69, 9.17) is 4.74 Å². The first-order valence-electron chi connectivity index (χ1n) is 9.18. The molecule has 1 N–H and O–H groups in total. The van der Waals surface area contributed by atoms with Crippen molar-refractivity contribution in [1.29, 1.82) is 0 Å². The fourth-order valence-electron chi connectivity index (χ4n) is 2.76. The van der Waals surface area contributed by atoms with Crippen molar-refractivity contribution < 1.29 is 19.1 Å². The van der Waals surface area contributed by atoms with E-state index in [0.29, 0.717) is 16.8 Å². The molecule has 0 atom stereocenters. The molecule has 3 aromatic carbocycles. The van der Waals surface area contributed by atoms with E-state index in [1.165, 1.54) is 0 Å². The summed E-state index contributed by atoms with van der Waals surface area (Å²) < 4.78 is 5.20. The third-order valence-corrected chi connectivity index (χ3v) is 4.59. The maximum atomic E-state index is 12.5. The average Bonchev–Trinajstić information content (AvgIpc) is 2.74. The molecule has 0 aromatic heterocycles. The molecule has 29 heavy (non-hydrogen) atoms. The Hall–Kier alpha value is -3.73. The first-order chi connectivity index (χ1) is 14.0. The Bertz CT molecular complexity index is 1060. The zero-order valence-electron chi connectivity index (χ0n) is 16.3. The lowest BCUT2D eigenvalue weighted by molar-refractivity contribution is 0.0475. The molecule has 3 rings (SSSR count). The maximum absolute atomic E-state index is 12.5. The Balaban J connectivity index is 1.69. The van der Waals surface area contributed by atoms with E-state index in [0.717, 1.165) is 11.1 Å². The van der Waals surface area contributed by atoms with Crippen LogP contribution >= 0.6 is 0 Å². The molecule has 3 aromatic rings. The zero-order valence-corrected chi connectivity index (χ0v) is 16.3. The van der Waals surface area contributed by atoms with Crippen LogP contribution in [0.4, 0.5) is 5.69 Å². The maximum Gasteiger partial charge on any atom is 0.340 e. The van der Waals surface area contributed by atoms with Crippen LogP contribution in [0.2, 0.25) is 0 Å². The Morgan fingerprint density at radius 3 is 2.21 bits per heavy atom. The van der Waals surface area contributed by atoms with Crippen molar-refractivity contribution >= 4 is 23.3 Å². The summed E-state index contributed by atoms with van der Waals surface area (Å²) in [5, 5.41) is 2.72. The molecule has 146 valence electrons. The van der Waals surface area contributed by atoms with Gasteiger partial charge in [0.1, 0.15) is 0 Å². The second-order valence-electron chi connectivity index (χ2n) is 6.66. The molecular formula is C24H21NO4. The summed E-state index contributed by atoms with van der Waals surface area (Å²) in [5.41, 5.74) is 3.56. The summed E-state index contributed by atoms with van der Waals surface area (Å²) in [6.45, 7) is 3.51. The Morgan fingerprint density at radius 2 is 1.48 bits per heavy atom. The van der Waals surface area contributed by atoms with Crippen molar-refractivity contribution in [2.45, 2.75) is 13.8 Å². The second-order valence-corrected chi connectivity index (χ2v) is 6.66. The van der Waals surface area contributed by atoms with Crippen LogP contribution in [0, 0.1) is 13.8 Å². The highest BCUT2D eigenvalue weighted by Gasteiger charge is 2.17. The molecule has 0 saturated heterocycles. The summed E-state index contributed by atoms with van der Waals surface area (Å²) >= 11 is 0. The van der Waals surface area contributed by atoms with Crippen molar-refractivity contribution in [3.05, 3.63) is 101 Å². The fraction of sp³-hybridized carbons (Fsp3) is 0.125. The van der Waals surface area contributed by atoms with Gasteiger partial charge in [-0.3, -0.25) is 9.59 Å². The van der Waals surface area contributed by atoms with E-state index in [1.807, 2.05) is 26.0 Å². The molecule has 0 saturated carbocycles. The van der Waals surface area contributed by atoms with Gasteiger partial charge in [-0.1, -0.05) is 42.5 Å². The SMILES string of the molecule is Cc1ccc(C(=O)COC(=O)c2ccccc2NC(=O)c2ccccc2)cc1C. The molecule has 0 aliphatic rings. The standard InChI is InChI=1S/C24H21NO4/c1-16-12-13-19(14-17(16)2)22(26)15-29-24(28)20-10-6-7-11-21(20)25-23(27)18-8-4-3-5-9-18/h3-14H,15H2,1-2H3,(H,25,27). The molecule has 0 fully saturated rings. The molecule has 0 bridgehead atoms. The van der Waals surface area contributed by atoms with Crippen LogP contribution < -0.4 is 5.32 Å². The summed E-state index contributed by atoms with van der Waals surface area (Å²) in [4.78, 5) is 37.2. The minimum absolute atomic E-state index is 0.185. The van der Waals surface area contributed by atoms with Crippen LogP contribution in [0.3, 0.4) is 0 Å². The number of hydrogen-bond donors (Lipinski definition) is 1. The predicted octanol–water partition coefficient (Wildman–Crippen LogP) is 4.60. The molecule has 0 spiro atoms. The Morgan fingerprint density at radius 1 is 0.793 bits per heavy atom. The number of esters is 1. The average molecular weight is 387 g/mol. The van der Waals surface area contributed by atoms with E-state index in [-0.39, 0.29) is 23.9 Å². The lowest BCUT2D eigenvalue weighted by Gasteiger charge is -2.11. The normalized spacial score (nSPS) is 10.3. The van der Waals surface area contributed by atoms with Gasteiger partial charge in [-0.2, -0.15) is 0 Å². The third kappa shape index (κ3) is 4.96. The number of carbonyl (C=O) groups is 3. The van der Waals surface area contributed by atoms with Gasteiger partial charge >= 0.3 is 5.97 Å². The van der Waals surface area contributed by atoms with E-state index < -0.39 is 5.97 Å². The molecule has 0 aliphatic carbocycles. The number of nitrogens with one attached hydrogen (secondary N) is 1. The highest BCUT2D eigenvalue weighted by molar-refractivity contribution is 6.08. The van der Waals surface area contributed by atoms with Gasteiger partial charge in [0.25, 0.3) is 5.91 Å². The highest BCUT2D eigenvalue weighted by Crippen LogP contribution is 2.18. The van der Waals surface area contributed by atoms with Gasteiger partial charge in [0.2, 0.25) is 0 Å². The number of ketones is 1. The topological polar surface area (TPSA) is 72.5 Å². The van der Waals surface area contributed by atoms with E-state index in [9.17, 15) is 14.4 Å². The van der Waals surface area contributed by atoms with Crippen LogP contribution in [-0.2, 0) is 4.74 Å². The first-order valence-corrected chi connectivity index (χ1v) is 9.18. The number of rotatable bonds is 6. The fourth-order valence-corrected chi connectivity index (χ4v) is 2.76. The number of Topliss-reactive ketones (excluding diaryl/α,β-unsaturated/α-hetero) is 1. The molecule has 5 heteroatoms. The number of para-hydroxylation sites is 1. The predicted molar refractivity (Wildman–Crippen MR) is 111 cm³/mol. The minimum Gasteiger partial charge on any atom is -0.454 e. The number of carbonyl (C=O) groups excluding carboxylic acids is 3. The van der Waals surface area contributed by atoms with Crippen LogP contribution in [-0.4, -0.2) is 24.3 Å². The van der Waals surface area contributed by atoms with Crippen molar-refractivity contribution in [3.63, 3.8) is 0 Å². The Kier molecular flexibility index (Phi) is 6.19. The first kappa shape index (κ1) is 20.0. The molecule has 5 nitrogen and oxygen atoms in total. The zero-order chi connectivity index (χ0) is 20.8. The van der Waals surface area contributed by atoms with Gasteiger partial charge in [-0.15, -0.1) is 0 Å². The molecule has 0 heterocycles. The van der Waals surface area contributed by atoms with E-state index in [2.05, 4.69) is 5.32 Å². The molecular weight excluding hydrogens is 366 g/mol. The van der Waals surface area contributed by atoms with Gasteiger partial charge in [0, 0.05) is 11.1 Å². The second kappa shape index (κ2) is 8.97. The number of hydrogen-bond acceptors (Lipinski definition) is 4. The minimum atomic E-state index is -0.675. The van der Waals surface area contributed by atoms with Crippen LogP contribution in [0.15, 0.2) is 72.8 Å². The van der Waals surface area contributed by atoms with Crippen LogP contribution in [0.1, 0.15) is 42.2 Å². The summed E-state index contributed by atoms with van der Waals surface area (Å²) in [6, 6.07) is 20.6. The van der Waals surface area contributed by atoms with Crippen molar-refractivity contribution in [3.8, 4) is 0 Å². The summed E-state index contributed by atoms with van der Waals surface area (Å²) in [6.07, 6.45) is 0. The largest absolute Gasteiger partial charge is 0.454 e. The molecule has 0 unspecified atom stereocenters. The van der Waals surface area contributed by atoms with E-state index in [1.54, 1.807) is 60.7 Å². The van der Waals surface area contributed by atoms with Crippen molar-refractivity contribution in [2.75, 3.05) is 11.9 Å². The van der Waals surface area contributed by atoms with Gasteiger partial charge in [-0.25, -0.2) is 4.79 Å². The monoisotopic (exact) mass is 387 g/mol. The molecule has 0 aliphatic heterocycles. The Labute approximate surface area is 169 Å².